The van der Waals surface area contributed by atoms with Crippen LogP contribution in [-0.4, -0.2) is 48.5 Å². The SMILES string of the molecule is C#CCN(C)S(=O)(=O)c1ccc(Cn2nc(C(=O)NCCC)c3ccccc32)cc1. The molecule has 0 aliphatic carbocycles. The van der Waals surface area contributed by atoms with Gasteiger partial charge in [-0.3, -0.25) is 9.48 Å². The van der Waals surface area contributed by atoms with Gasteiger partial charge in [-0.15, -0.1) is 6.42 Å². The highest BCUT2D eigenvalue weighted by Gasteiger charge is 2.20. The molecule has 0 bridgehead atoms. The Labute approximate surface area is 176 Å². The molecule has 7 nitrogen and oxygen atoms in total. The third-order valence-corrected chi connectivity index (χ3v) is 6.50. The van der Waals surface area contributed by atoms with E-state index in [-0.39, 0.29) is 17.3 Å². The topological polar surface area (TPSA) is 84.3 Å². The smallest absolute Gasteiger partial charge is 0.272 e. The monoisotopic (exact) mass is 424 g/mol. The molecular weight excluding hydrogens is 400 g/mol. The Morgan fingerprint density at radius 2 is 1.90 bits per heavy atom. The molecule has 0 atom stereocenters. The van der Waals surface area contributed by atoms with Crippen molar-refractivity contribution in [3.05, 3.63) is 59.8 Å². The van der Waals surface area contributed by atoms with Crippen molar-refractivity contribution in [1.29, 1.82) is 0 Å². The lowest BCUT2D eigenvalue weighted by Crippen LogP contribution is -2.27. The minimum Gasteiger partial charge on any atom is -0.351 e. The minimum absolute atomic E-state index is 0.00618. The quantitative estimate of drug-likeness (QED) is 0.563. The van der Waals surface area contributed by atoms with Gasteiger partial charge in [0.2, 0.25) is 10.0 Å². The van der Waals surface area contributed by atoms with Gasteiger partial charge in [-0.25, -0.2) is 8.42 Å². The number of carbonyl (C=O) groups excluding carboxylic acids is 1. The van der Waals surface area contributed by atoms with Crippen LogP contribution in [0, 0.1) is 12.3 Å². The number of hydrogen-bond acceptors (Lipinski definition) is 4. The minimum atomic E-state index is -3.63. The summed E-state index contributed by atoms with van der Waals surface area (Å²) in [5, 5.41) is 8.16. The number of hydrogen-bond donors (Lipinski definition) is 1. The van der Waals surface area contributed by atoms with Crippen LogP contribution < -0.4 is 5.32 Å². The molecule has 3 aromatic rings. The molecule has 1 N–H and O–H groups in total. The van der Waals surface area contributed by atoms with E-state index >= 15 is 0 Å². The number of sulfonamides is 1. The van der Waals surface area contributed by atoms with Crippen molar-refractivity contribution in [2.45, 2.75) is 24.8 Å². The van der Waals surface area contributed by atoms with Crippen LogP contribution >= 0.6 is 0 Å². The van der Waals surface area contributed by atoms with E-state index in [1.54, 1.807) is 28.9 Å². The van der Waals surface area contributed by atoms with Crippen molar-refractivity contribution >= 4 is 26.8 Å². The lowest BCUT2D eigenvalue weighted by atomic mass is 10.2. The number of carbonyl (C=O) groups is 1. The molecule has 0 fully saturated rings. The van der Waals surface area contributed by atoms with Crippen molar-refractivity contribution < 1.29 is 13.2 Å². The van der Waals surface area contributed by atoms with Crippen LogP contribution in [0.5, 0.6) is 0 Å². The van der Waals surface area contributed by atoms with Crippen molar-refractivity contribution in [3.8, 4) is 12.3 Å². The summed E-state index contributed by atoms with van der Waals surface area (Å²) in [6.07, 6.45) is 6.06. The van der Waals surface area contributed by atoms with Crippen LogP contribution in [0.25, 0.3) is 10.9 Å². The summed E-state index contributed by atoms with van der Waals surface area (Å²) in [4.78, 5) is 12.7. The fourth-order valence-corrected chi connectivity index (χ4v) is 4.16. The Kier molecular flexibility index (Phi) is 6.55. The van der Waals surface area contributed by atoms with Gasteiger partial charge in [0, 0.05) is 19.0 Å². The van der Waals surface area contributed by atoms with Crippen LogP contribution in [0.3, 0.4) is 0 Å². The number of amides is 1. The van der Waals surface area contributed by atoms with E-state index in [2.05, 4.69) is 16.3 Å². The molecule has 0 saturated heterocycles. The van der Waals surface area contributed by atoms with Crippen molar-refractivity contribution in [1.82, 2.24) is 19.4 Å². The first-order chi connectivity index (χ1) is 14.4. The molecule has 0 saturated carbocycles. The molecule has 3 rings (SSSR count). The number of fused-ring (bicyclic) bond motifs is 1. The molecule has 8 heteroatoms. The van der Waals surface area contributed by atoms with Crippen LogP contribution in [0.1, 0.15) is 29.4 Å². The second-order valence-electron chi connectivity index (χ2n) is 6.89. The van der Waals surface area contributed by atoms with E-state index in [0.29, 0.717) is 18.8 Å². The van der Waals surface area contributed by atoms with E-state index in [4.69, 9.17) is 6.42 Å². The maximum Gasteiger partial charge on any atom is 0.272 e. The van der Waals surface area contributed by atoms with Crippen molar-refractivity contribution in [2.24, 2.45) is 0 Å². The van der Waals surface area contributed by atoms with Gasteiger partial charge in [0.05, 0.1) is 23.5 Å². The Morgan fingerprint density at radius 1 is 1.20 bits per heavy atom. The summed E-state index contributed by atoms with van der Waals surface area (Å²) in [6, 6.07) is 14.1. The first kappa shape index (κ1) is 21.6. The second-order valence-corrected chi connectivity index (χ2v) is 8.93. The molecule has 2 aromatic carbocycles. The van der Waals surface area contributed by atoms with E-state index in [1.807, 2.05) is 31.2 Å². The number of benzene rings is 2. The summed E-state index contributed by atoms with van der Waals surface area (Å²) in [6.45, 7) is 2.99. The fraction of sp³-hybridized carbons (Fsp3) is 0.273. The Balaban J connectivity index is 1.88. The lowest BCUT2D eigenvalue weighted by molar-refractivity contribution is 0.0949. The van der Waals surface area contributed by atoms with Crippen molar-refractivity contribution in [3.63, 3.8) is 0 Å². The van der Waals surface area contributed by atoms with Crippen molar-refractivity contribution in [2.75, 3.05) is 20.1 Å². The van der Waals surface area contributed by atoms with Gasteiger partial charge in [0.1, 0.15) is 0 Å². The molecule has 1 amide bonds. The summed E-state index contributed by atoms with van der Waals surface area (Å²) in [5.74, 6) is 2.13. The number of nitrogens with one attached hydrogen (secondary N) is 1. The highest BCUT2D eigenvalue weighted by atomic mass is 32.2. The fourth-order valence-electron chi connectivity index (χ4n) is 3.07. The molecule has 30 heavy (non-hydrogen) atoms. The lowest BCUT2D eigenvalue weighted by Gasteiger charge is -2.14. The summed E-state index contributed by atoms with van der Waals surface area (Å²) in [5.41, 5.74) is 2.08. The normalized spacial score (nSPS) is 11.5. The third-order valence-electron chi connectivity index (χ3n) is 4.69. The molecule has 0 radical (unpaired) electrons. The van der Waals surface area contributed by atoms with Gasteiger partial charge in [0.25, 0.3) is 5.91 Å². The number of terminal acetylenes is 1. The van der Waals surface area contributed by atoms with Crippen LogP contribution in [0.2, 0.25) is 0 Å². The molecule has 156 valence electrons. The second kappa shape index (κ2) is 9.11. The highest BCUT2D eigenvalue weighted by Crippen LogP contribution is 2.21. The summed E-state index contributed by atoms with van der Waals surface area (Å²) < 4.78 is 27.9. The average Bonchev–Trinajstić information content (AvgIpc) is 3.11. The average molecular weight is 425 g/mol. The van der Waals surface area contributed by atoms with E-state index < -0.39 is 10.0 Å². The Morgan fingerprint density at radius 3 is 2.57 bits per heavy atom. The van der Waals surface area contributed by atoms with E-state index in [0.717, 1.165) is 27.2 Å². The van der Waals surface area contributed by atoms with Crippen LogP contribution in [0.15, 0.2) is 53.4 Å². The Bertz CT molecular complexity index is 1190. The molecule has 0 spiro atoms. The first-order valence-corrected chi connectivity index (χ1v) is 11.0. The zero-order valence-electron chi connectivity index (χ0n) is 17.0. The predicted octanol–water partition coefficient (Wildman–Crippen LogP) is 2.48. The zero-order valence-corrected chi connectivity index (χ0v) is 17.8. The first-order valence-electron chi connectivity index (χ1n) is 9.61. The summed E-state index contributed by atoms with van der Waals surface area (Å²) >= 11 is 0. The van der Waals surface area contributed by atoms with Gasteiger partial charge in [-0.2, -0.15) is 9.40 Å². The number of aromatic nitrogens is 2. The van der Waals surface area contributed by atoms with E-state index in [9.17, 15) is 13.2 Å². The van der Waals surface area contributed by atoms with Gasteiger partial charge in [-0.05, 0) is 30.2 Å². The maximum atomic E-state index is 12.5. The maximum absolute atomic E-state index is 12.5. The largest absolute Gasteiger partial charge is 0.351 e. The van der Waals surface area contributed by atoms with Gasteiger partial charge < -0.3 is 5.32 Å². The van der Waals surface area contributed by atoms with Gasteiger partial charge in [0.15, 0.2) is 5.69 Å². The highest BCUT2D eigenvalue weighted by molar-refractivity contribution is 7.89. The third kappa shape index (κ3) is 4.37. The molecule has 1 heterocycles. The van der Waals surface area contributed by atoms with Crippen LogP contribution in [0.4, 0.5) is 0 Å². The molecule has 0 unspecified atom stereocenters. The van der Waals surface area contributed by atoms with Gasteiger partial charge in [-0.1, -0.05) is 43.2 Å². The Hall–Kier alpha value is -3.15. The van der Waals surface area contributed by atoms with Gasteiger partial charge >= 0.3 is 0 Å². The summed E-state index contributed by atoms with van der Waals surface area (Å²) in [7, 11) is -2.18. The molecule has 0 aliphatic heterocycles. The standard InChI is InChI=1S/C22H24N4O3S/c1-4-14-23-22(27)21-19-8-6-7-9-20(19)26(24-21)16-17-10-12-18(13-11-17)30(28,29)25(3)15-5-2/h2,6-13H,4,14-16H2,1,3H3,(H,23,27). The number of rotatable bonds is 8. The molecular formula is C22H24N4O3S. The van der Waals surface area contributed by atoms with E-state index in [1.165, 1.54) is 7.05 Å². The zero-order chi connectivity index (χ0) is 21.7. The van der Waals surface area contributed by atoms with Crippen LogP contribution in [-0.2, 0) is 16.6 Å². The number of para-hydroxylation sites is 1. The predicted molar refractivity (Wildman–Crippen MR) is 117 cm³/mol. The molecule has 0 aliphatic rings. The molecule has 1 aromatic heterocycles. The number of nitrogens with zero attached hydrogens (tertiary/aromatic N) is 3.